The number of rotatable bonds is 5. The fourth-order valence-corrected chi connectivity index (χ4v) is 1.79. The third-order valence-electron chi connectivity index (χ3n) is 2.44. The summed E-state index contributed by atoms with van der Waals surface area (Å²) in [4.78, 5) is 11.3. The van der Waals surface area contributed by atoms with E-state index in [2.05, 4.69) is 15.4 Å². The summed E-state index contributed by atoms with van der Waals surface area (Å²) < 4.78 is 5.61. The minimum absolute atomic E-state index is 0.0589. The number of primary amides is 1. The van der Waals surface area contributed by atoms with Crippen molar-refractivity contribution in [3.05, 3.63) is 28.9 Å². The number of aromatic amines is 1. The third kappa shape index (κ3) is 2.85. The number of hydrogen-bond acceptors (Lipinski definition) is 4. The molecule has 19 heavy (non-hydrogen) atoms. The van der Waals surface area contributed by atoms with E-state index in [1.54, 1.807) is 18.2 Å². The number of halogens is 1. The zero-order valence-corrected chi connectivity index (χ0v) is 11.1. The molecule has 0 saturated carbocycles. The third-order valence-corrected chi connectivity index (χ3v) is 2.67. The molecule has 0 fully saturated rings. The molecule has 1 amide bonds. The van der Waals surface area contributed by atoms with Crippen LogP contribution in [-0.4, -0.2) is 27.9 Å². The highest BCUT2D eigenvalue weighted by molar-refractivity contribution is 6.31. The van der Waals surface area contributed by atoms with Gasteiger partial charge in [0.15, 0.2) is 5.69 Å². The summed E-state index contributed by atoms with van der Waals surface area (Å²) in [7, 11) is 0. The van der Waals surface area contributed by atoms with Crippen LogP contribution in [0.5, 0.6) is 5.75 Å². The first-order chi connectivity index (χ1) is 9.13. The highest BCUT2D eigenvalue weighted by Crippen LogP contribution is 2.32. The van der Waals surface area contributed by atoms with Crippen LogP contribution in [0, 0.1) is 0 Å². The zero-order chi connectivity index (χ0) is 13.8. The number of ether oxygens (including phenoxy) is 1. The Balaban J connectivity index is 2.50. The fraction of sp³-hybridized carbons (Fsp3) is 0.250. The second-order valence-corrected chi connectivity index (χ2v) is 4.31. The van der Waals surface area contributed by atoms with Crippen molar-refractivity contribution in [1.29, 1.82) is 0 Å². The molecule has 0 aliphatic heterocycles. The predicted octanol–water partition coefficient (Wildman–Crippen LogP) is 2.01. The highest BCUT2D eigenvalue weighted by Gasteiger charge is 2.19. The number of carbonyl (C=O) groups excluding carboxylic acids is 1. The molecule has 1 aromatic heterocycles. The van der Waals surface area contributed by atoms with Crippen LogP contribution in [0.3, 0.4) is 0 Å². The number of carbonyl (C=O) groups is 1. The quantitative estimate of drug-likeness (QED) is 0.876. The van der Waals surface area contributed by atoms with E-state index >= 15 is 0 Å². The smallest absolute Gasteiger partial charge is 0.271 e. The van der Waals surface area contributed by atoms with Crippen molar-refractivity contribution in [2.24, 2.45) is 5.73 Å². The van der Waals surface area contributed by atoms with Crippen molar-refractivity contribution >= 4 is 17.5 Å². The summed E-state index contributed by atoms with van der Waals surface area (Å²) in [5.74, 6) is -0.0761. The maximum Gasteiger partial charge on any atom is 0.271 e. The van der Waals surface area contributed by atoms with Gasteiger partial charge in [-0.15, -0.1) is 0 Å². The average Bonchev–Trinajstić information content (AvgIpc) is 2.86. The maximum atomic E-state index is 11.3. The van der Waals surface area contributed by atoms with Crippen molar-refractivity contribution in [2.75, 3.05) is 6.61 Å². The number of aromatic nitrogens is 3. The molecule has 1 heterocycles. The molecule has 0 saturated heterocycles. The molecule has 1 aromatic carbocycles. The molecule has 6 nitrogen and oxygen atoms in total. The van der Waals surface area contributed by atoms with Crippen LogP contribution < -0.4 is 10.5 Å². The van der Waals surface area contributed by atoms with E-state index in [0.29, 0.717) is 28.6 Å². The van der Waals surface area contributed by atoms with E-state index < -0.39 is 5.91 Å². The van der Waals surface area contributed by atoms with Gasteiger partial charge in [0.1, 0.15) is 11.4 Å². The summed E-state index contributed by atoms with van der Waals surface area (Å²) in [6.07, 6.45) is 0.865. The van der Waals surface area contributed by atoms with Gasteiger partial charge >= 0.3 is 0 Å². The Kier molecular flexibility index (Phi) is 4.01. The monoisotopic (exact) mass is 280 g/mol. The lowest BCUT2D eigenvalue weighted by Crippen LogP contribution is -2.13. The first kappa shape index (κ1) is 13.4. The van der Waals surface area contributed by atoms with Crippen LogP contribution in [0.2, 0.25) is 5.02 Å². The summed E-state index contributed by atoms with van der Waals surface area (Å²) in [6.45, 7) is 2.55. The molecular weight excluding hydrogens is 268 g/mol. The van der Waals surface area contributed by atoms with Gasteiger partial charge in [0.25, 0.3) is 5.91 Å². The van der Waals surface area contributed by atoms with Gasteiger partial charge in [0, 0.05) is 10.6 Å². The number of benzene rings is 1. The summed E-state index contributed by atoms with van der Waals surface area (Å²) >= 11 is 5.97. The SMILES string of the molecule is CCCOc1ccc(Cl)cc1-c1n[nH]nc1C(N)=O. The standard InChI is InChI=1S/C12H13ClN4O2/c1-2-5-19-9-4-3-7(13)6-8(9)10-11(12(14)18)16-17-15-10/h3-4,6H,2,5H2,1H3,(H2,14,18)(H,15,16,17). The number of nitrogens with zero attached hydrogens (tertiary/aromatic N) is 2. The lowest BCUT2D eigenvalue weighted by Gasteiger charge is -2.10. The Bertz CT molecular complexity index is 597. The normalized spacial score (nSPS) is 10.4. The van der Waals surface area contributed by atoms with E-state index in [1.807, 2.05) is 6.92 Å². The number of nitrogens with two attached hydrogens (primary N) is 1. The number of amides is 1. The van der Waals surface area contributed by atoms with Gasteiger partial charge in [-0.3, -0.25) is 4.79 Å². The molecule has 100 valence electrons. The number of nitrogens with one attached hydrogen (secondary N) is 1. The first-order valence-electron chi connectivity index (χ1n) is 5.76. The Morgan fingerprint density at radius 2 is 2.26 bits per heavy atom. The van der Waals surface area contributed by atoms with E-state index in [9.17, 15) is 4.79 Å². The van der Waals surface area contributed by atoms with Crippen LogP contribution in [0.1, 0.15) is 23.8 Å². The van der Waals surface area contributed by atoms with Crippen LogP contribution in [0.15, 0.2) is 18.2 Å². The van der Waals surface area contributed by atoms with Crippen molar-refractivity contribution in [3.63, 3.8) is 0 Å². The molecule has 0 radical (unpaired) electrons. The molecule has 2 aromatic rings. The summed E-state index contributed by atoms with van der Waals surface area (Å²) in [5.41, 5.74) is 6.23. The lowest BCUT2D eigenvalue weighted by molar-refractivity contribution is 0.0996. The Hall–Kier alpha value is -2.08. The van der Waals surface area contributed by atoms with Crippen LogP contribution >= 0.6 is 11.6 Å². The van der Waals surface area contributed by atoms with Crippen molar-refractivity contribution in [3.8, 4) is 17.0 Å². The van der Waals surface area contributed by atoms with E-state index in [4.69, 9.17) is 22.1 Å². The molecule has 2 rings (SSSR count). The van der Waals surface area contributed by atoms with Crippen LogP contribution in [-0.2, 0) is 0 Å². The topological polar surface area (TPSA) is 93.9 Å². The first-order valence-corrected chi connectivity index (χ1v) is 6.14. The van der Waals surface area contributed by atoms with Crippen LogP contribution in [0.25, 0.3) is 11.3 Å². The molecule has 7 heteroatoms. The number of H-pyrrole nitrogens is 1. The van der Waals surface area contributed by atoms with Gasteiger partial charge in [-0.2, -0.15) is 15.4 Å². The Labute approximate surface area is 114 Å². The van der Waals surface area contributed by atoms with Gasteiger partial charge in [-0.25, -0.2) is 0 Å². The summed E-state index contributed by atoms with van der Waals surface area (Å²) in [6, 6.07) is 5.10. The average molecular weight is 281 g/mol. The van der Waals surface area contributed by atoms with E-state index in [-0.39, 0.29) is 5.69 Å². The van der Waals surface area contributed by atoms with Crippen molar-refractivity contribution in [2.45, 2.75) is 13.3 Å². The van der Waals surface area contributed by atoms with E-state index in [0.717, 1.165) is 6.42 Å². The van der Waals surface area contributed by atoms with Crippen molar-refractivity contribution in [1.82, 2.24) is 15.4 Å². The Morgan fingerprint density at radius 3 is 2.95 bits per heavy atom. The molecule has 3 N–H and O–H groups in total. The van der Waals surface area contributed by atoms with Gasteiger partial charge in [0.05, 0.1) is 6.61 Å². The van der Waals surface area contributed by atoms with Gasteiger partial charge in [-0.1, -0.05) is 18.5 Å². The Morgan fingerprint density at radius 1 is 1.47 bits per heavy atom. The minimum Gasteiger partial charge on any atom is -0.493 e. The number of hydrogen-bond donors (Lipinski definition) is 2. The molecule has 0 unspecified atom stereocenters. The zero-order valence-electron chi connectivity index (χ0n) is 10.3. The molecular formula is C12H13ClN4O2. The summed E-state index contributed by atoms with van der Waals surface area (Å²) in [5, 5.41) is 10.6. The lowest BCUT2D eigenvalue weighted by atomic mass is 10.1. The highest BCUT2D eigenvalue weighted by atomic mass is 35.5. The minimum atomic E-state index is -0.662. The van der Waals surface area contributed by atoms with Gasteiger partial charge in [-0.05, 0) is 24.6 Å². The second-order valence-electron chi connectivity index (χ2n) is 3.87. The molecule has 0 atom stereocenters. The van der Waals surface area contributed by atoms with Gasteiger partial charge in [0.2, 0.25) is 0 Å². The second kappa shape index (κ2) is 5.71. The maximum absolute atomic E-state index is 11.3. The molecule has 0 bridgehead atoms. The molecule has 0 aliphatic carbocycles. The largest absolute Gasteiger partial charge is 0.493 e. The van der Waals surface area contributed by atoms with E-state index in [1.165, 1.54) is 0 Å². The van der Waals surface area contributed by atoms with Crippen molar-refractivity contribution < 1.29 is 9.53 Å². The molecule has 0 spiro atoms. The fourth-order valence-electron chi connectivity index (χ4n) is 1.62. The van der Waals surface area contributed by atoms with Gasteiger partial charge < -0.3 is 10.5 Å². The predicted molar refractivity (Wildman–Crippen MR) is 71.1 cm³/mol. The van der Waals surface area contributed by atoms with Crippen LogP contribution in [0.4, 0.5) is 0 Å². The molecule has 0 aliphatic rings.